The summed E-state index contributed by atoms with van der Waals surface area (Å²) in [7, 11) is 0. The van der Waals surface area contributed by atoms with Gasteiger partial charge in [-0.1, -0.05) is 6.92 Å². The normalized spacial score (nSPS) is 12.6. The van der Waals surface area contributed by atoms with E-state index in [4.69, 9.17) is 0 Å². The average Bonchev–Trinajstić information content (AvgIpc) is 2.78. The summed E-state index contributed by atoms with van der Waals surface area (Å²) in [6.45, 7) is 5.04. The zero-order chi connectivity index (χ0) is 13.0. The monoisotopic (exact) mass is 264 g/mol. The number of hydrogen-bond donors (Lipinski definition) is 1. The van der Waals surface area contributed by atoms with Crippen LogP contribution < -0.4 is 5.32 Å². The first-order chi connectivity index (χ1) is 8.74. The second kappa shape index (κ2) is 6.07. The zero-order valence-corrected chi connectivity index (χ0v) is 11.4. The molecule has 1 atom stereocenters. The van der Waals surface area contributed by atoms with E-state index in [2.05, 4.69) is 30.2 Å². The number of aromatic nitrogens is 1. The van der Waals surface area contributed by atoms with Crippen molar-refractivity contribution in [3.63, 3.8) is 0 Å². The molecule has 0 saturated carbocycles. The topological polar surface area (TPSA) is 24.9 Å². The Bertz CT molecular complexity index is 510. The van der Waals surface area contributed by atoms with Crippen molar-refractivity contribution in [2.45, 2.75) is 26.3 Å². The molecule has 2 aromatic rings. The lowest BCUT2D eigenvalue weighted by Crippen LogP contribution is -2.24. The summed E-state index contributed by atoms with van der Waals surface area (Å²) >= 11 is 1.69. The van der Waals surface area contributed by atoms with Gasteiger partial charge >= 0.3 is 0 Å². The van der Waals surface area contributed by atoms with Crippen molar-refractivity contribution >= 4 is 11.3 Å². The standard InChI is InChI=1S/C14H17FN2S/c1-3-6-17-14(11-5-8-18-10(11)2)12-4-7-16-9-13(12)15/h4-5,7-9,14,17H,3,6H2,1-2H3. The fourth-order valence-corrected chi connectivity index (χ4v) is 2.73. The van der Waals surface area contributed by atoms with Crippen LogP contribution in [0.5, 0.6) is 0 Å². The molecule has 0 spiro atoms. The van der Waals surface area contributed by atoms with Gasteiger partial charge in [-0.05, 0) is 43.0 Å². The average molecular weight is 264 g/mol. The van der Waals surface area contributed by atoms with Gasteiger partial charge in [0.05, 0.1) is 12.2 Å². The molecular formula is C14H17FN2S. The predicted octanol–water partition coefficient (Wildman–Crippen LogP) is 3.68. The molecule has 0 aliphatic heterocycles. The van der Waals surface area contributed by atoms with Crippen molar-refractivity contribution < 1.29 is 4.39 Å². The van der Waals surface area contributed by atoms with E-state index in [1.165, 1.54) is 11.1 Å². The number of thiophene rings is 1. The molecule has 1 N–H and O–H groups in total. The maximum Gasteiger partial charge on any atom is 0.146 e. The first kappa shape index (κ1) is 13.2. The largest absolute Gasteiger partial charge is 0.306 e. The van der Waals surface area contributed by atoms with Gasteiger partial charge < -0.3 is 5.32 Å². The summed E-state index contributed by atoms with van der Waals surface area (Å²) in [5.74, 6) is -0.253. The molecule has 2 rings (SSSR count). The molecular weight excluding hydrogens is 247 g/mol. The van der Waals surface area contributed by atoms with Gasteiger partial charge in [0.2, 0.25) is 0 Å². The fourth-order valence-electron chi connectivity index (χ4n) is 1.99. The van der Waals surface area contributed by atoms with E-state index >= 15 is 0 Å². The van der Waals surface area contributed by atoms with Crippen LogP contribution in [0.2, 0.25) is 0 Å². The van der Waals surface area contributed by atoms with Gasteiger partial charge in [0.15, 0.2) is 0 Å². The lowest BCUT2D eigenvalue weighted by Gasteiger charge is -2.19. The third-order valence-electron chi connectivity index (χ3n) is 2.92. The van der Waals surface area contributed by atoms with Crippen LogP contribution >= 0.6 is 11.3 Å². The Morgan fingerprint density at radius 1 is 1.39 bits per heavy atom. The second-order valence-electron chi connectivity index (χ2n) is 4.22. The summed E-state index contributed by atoms with van der Waals surface area (Å²) in [6, 6.07) is 3.73. The van der Waals surface area contributed by atoms with Crippen molar-refractivity contribution in [3.8, 4) is 0 Å². The Morgan fingerprint density at radius 2 is 2.22 bits per heavy atom. The molecule has 2 heterocycles. The third kappa shape index (κ3) is 2.76. The zero-order valence-electron chi connectivity index (χ0n) is 10.6. The van der Waals surface area contributed by atoms with Crippen molar-refractivity contribution in [2.24, 2.45) is 0 Å². The van der Waals surface area contributed by atoms with Crippen molar-refractivity contribution in [1.82, 2.24) is 10.3 Å². The molecule has 0 fully saturated rings. The van der Waals surface area contributed by atoms with Gasteiger partial charge in [0, 0.05) is 16.6 Å². The van der Waals surface area contributed by atoms with E-state index < -0.39 is 0 Å². The summed E-state index contributed by atoms with van der Waals surface area (Å²) < 4.78 is 13.9. The fraction of sp³-hybridized carbons (Fsp3) is 0.357. The minimum absolute atomic E-state index is 0.0841. The molecule has 2 aromatic heterocycles. The number of pyridine rings is 1. The Labute approximate surface area is 111 Å². The predicted molar refractivity (Wildman–Crippen MR) is 73.4 cm³/mol. The van der Waals surface area contributed by atoms with Gasteiger partial charge in [-0.15, -0.1) is 11.3 Å². The highest BCUT2D eigenvalue weighted by Gasteiger charge is 2.19. The Morgan fingerprint density at radius 3 is 2.83 bits per heavy atom. The van der Waals surface area contributed by atoms with Crippen LogP contribution in [-0.4, -0.2) is 11.5 Å². The summed E-state index contributed by atoms with van der Waals surface area (Å²) in [5, 5.41) is 5.45. The van der Waals surface area contributed by atoms with E-state index in [-0.39, 0.29) is 11.9 Å². The van der Waals surface area contributed by atoms with Crippen molar-refractivity contribution in [2.75, 3.05) is 6.54 Å². The maximum absolute atomic E-state index is 13.9. The molecule has 0 radical (unpaired) electrons. The van der Waals surface area contributed by atoms with Gasteiger partial charge in [-0.2, -0.15) is 0 Å². The molecule has 0 aliphatic rings. The van der Waals surface area contributed by atoms with E-state index in [0.29, 0.717) is 5.56 Å². The van der Waals surface area contributed by atoms with Crippen LogP contribution in [-0.2, 0) is 0 Å². The quantitative estimate of drug-likeness (QED) is 0.891. The van der Waals surface area contributed by atoms with Gasteiger partial charge in [-0.3, -0.25) is 4.98 Å². The molecule has 0 aromatic carbocycles. The summed E-state index contributed by atoms with van der Waals surface area (Å²) in [4.78, 5) is 5.03. The Hall–Kier alpha value is -1.26. The molecule has 18 heavy (non-hydrogen) atoms. The lowest BCUT2D eigenvalue weighted by atomic mass is 10.00. The summed E-state index contributed by atoms with van der Waals surface area (Å²) in [5.41, 5.74) is 1.82. The molecule has 2 nitrogen and oxygen atoms in total. The molecule has 4 heteroatoms. The minimum Gasteiger partial charge on any atom is -0.306 e. The number of nitrogens with zero attached hydrogens (tertiary/aromatic N) is 1. The van der Waals surface area contributed by atoms with Crippen LogP contribution in [0.15, 0.2) is 29.9 Å². The first-order valence-electron chi connectivity index (χ1n) is 6.10. The van der Waals surface area contributed by atoms with Crippen LogP contribution in [0.1, 0.15) is 35.4 Å². The number of nitrogens with one attached hydrogen (secondary N) is 1. The number of aryl methyl sites for hydroxylation is 1. The van der Waals surface area contributed by atoms with Crippen molar-refractivity contribution in [1.29, 1.82) is 0 Å². The lowest BCUT2D eigenvalue weighted by molar-refractivity contribution is 0.543. The van der Waals surface area contributed by atoms with Crippen LogP contribution in [0, 0.1) is 12.7 Å². The van der Waals surface area contributed by atoms with Crippen LogP contribution in [0.3, 0.4) is 0 Å². The highest BCUT2D eigenvalue weighted by atomic mass is 32.1. The first-order valence-corrected chi connectivity index (χ1v) is 6.98. The summed E-state index contributed by atoms with van der Waals surface area (Å²) in [6.07, 6.45) is 3.94. The van der Waals surface area contributed by atoms with E-state index in [1.54, 1.807) is 23.6 Å². The van der Waals surface area contributed by atoms with E-state index in [0.717, 1.165) is 18.5 Å². The molecule has 96 valence electrons. The van der Waals surface area contributed by atoms with E-state index in [9.17, 15) is 4.39 Å². The minimum atomic E-state index is -0.253. The molecule has 0 amide bonds. The molecule has 0 bridgehead atoms. The second-order valence-corrected chi connectivity index (χ2v) is 5.34. The molecule has 0 saturated heterocycles. The smallest absolute Gasteiger partial charge is 0.146 e. The van der Waals surface area contributed by atoms with Crippen molar-refractivity contribution in [3.05, 3.63) is 51.7 Å². The SMILES string of the molecule is CCCNC(c1ccncc1F)c1ccsc1C. The number of halogens is 1. The Kier molecular flexibility index (Phi) is 4.44. The highest BCUT2D eigenvalue weighted by molar-refractivity contribution is 7.10. The van der Waals surface area contributed by atoms with Crippen LogP contribution in [0.25, 0.3) is 0 Å². The Balaban J connectivity index is 2.37. The molecule has 0 aliphatic carbocycles. The molecule has 1 unspecified atom stereocenters. The van der Waals surface area contributed by atoms with Crippen LogP contribution in [0.4, 0.5) is 4.39 Å². The number of hydrogen-bond acceptors (Lipinski definition) is 3. The highest BCUT2D eigenvalue weighted by Crippen LogP contribution is 2.29. The van der Waals surface area contributed by atoms with Gasteiger partial charge in [-0.25, -0.2) is 4.39 Å². The van der Waals surface area contributed by atoms with Gasteiger partial charge in [0.1, 0.15) is 5.82 Å². The number of rotatable bonds is 5. The maximum atomic E-state index is 13.9. The third-order valence-corrected chi connectivity index (χ3v) is 3.78. The van der Waals surface area contributed by atoms with E-state index in [1.807, 2.05) is 5.38 Å². The van der Waals surface area contributed by atoms with Gasteiger partial charge in [0.25, 0.3) is 0 Å².